The number of hydrogen-bond donors (Lipinski definition) is 1. The predicted molar refractivity (Wildman–Crippen MR) is 33.6 cm³/mol. The largest absolute Gasteiger partial charge is 0.373 e. The lowest BCUT2D eigenvalue weighted by Crippen LogP contribution is -2.21. The monoisotopic (exact) mass is 129 g/mol. The molecule has 0 bridgehead atoms. The Hall–Kier alpha value is -0.570. The fourth-order valence-electron chi connectivity index (χ4n) is 0.420. The Kier molecular flexibility index (Phi) is 5.21. The van der Waals surface area contributed by atoms with Crippen LogP contribution in [0.1, 0.15) is 13.3 Å². The summed E-state index contributed by atoms with van der Waals surface area (Å²) in [5, 5.41) is 2.61. The molecule has 9 heavy (non-hydrogen) atoms. The number of carbonyl (C=O) groups is 1. The molecule has 0 aromatic rings. The van der Waals surface area contributed by atoms with Crippen LogP contribution in [-0.4, -0.2) is 19.1 Å². The zero-order valence-electron chi connectivity index (χ0n) is 5.52. The fraction of sp³-hybridized carbons (Fsp3) is 0.667. The molecule has 1 amide bonds. The van der Waals surface area contributed by atoms with Crippen LogP contribution in [0, 0.1) is 7.11 Å². The average molecular weight is 129 g/mol. The van der Waals surface area contributed by atoms with Gasteiger partial charge < -0.3 is 10.1 Å². The van der Waals surface area contributed by atoms with Gasteiger partial charge in [-0.25, -0.2) is 0 Å². The predicted octanol–water partition coefficient (Wildman–Crippen LogP) is 0.198. The van der Waals surface area contributed by atoms with Crippen LogP contribution in [0.2, 0.25) is 0 Å². The highest BCUT2D eigenvalue weighted by Gasteiger charge is 1.88. The van der Waals surface area contributed by atoms with E-state index >= 15 is 0 Å². The van der Waals surface area contributed by atoms with E-state index in [1.165, 1.54) is 6.92 Å². The van der Waals surface area contributed by atoms with Gasteiger partial charge in [0.2, 0.25) is 5.91 Å². The summed E-state index contributed by atoms with van der Waals surface area (Å²) in [5.74, 6) is -0.0213. The Morgan fingerprint density at radius 1 is 1.78 bits per heavy atom. The zero-order valence-corrected chi connectivity index (χ0v) is 5.52. The average Bonchev–Trinajstić information content (AvgIpc) is 1.80. The SMILES string of the molecule is [CH]OCCCNC(C)=O. The standard InChI is InChI=1S/C6H11NO2/c1-6(8)7-4-3-5-9-2/h2H,3-5H2,1H3,(H,7,8). The molecule has 0 rings (SSSR count). The van der Waals surface area contributed by atoms with Crippen molar-refractivity contribution >= 4 is 5.91 Å². The second-order valence-corrected chi connectivity index (χ2v) is 1.71. The van der Waals surface area contributed by atoms with Crippen LogP contribution in [0.15, 0.2) is 0 Å². The molecule has 0 aromatic carbocycles. The van der Waals surface area contributed by atoms with Gasteiger partial charge in [0, 0.05) is 20.1 Å². The summed E-state index contributed by atoms with van der Waals surface area (Å²) < 4.78 is 4.27. The van der Waals surface area contributed by atoms with Gasteiger partial charge in [-0.15, -0.1) is 0 Å². The summed E-state index contributed by atoms with van der Waals surface area (Å²) in [5.41, 5.74) is 0. The van der Waals surface area contributed by atoms with Crippen LogP contribution < -0.4 is 5.32 Å². The quantitative estimate of drug-likeness (QED) is 0.550. The van der Waals surface area contributed by atoms with Crippen LogP contribution in [0.5, 0.6) is 0 Å². The highest BCUT2D eigenvalue weighted by Crippen LogP contribution is 1.76. The molecule has 1 N–H and O–H groups in total. The smallest absolute Gasteiger partial charge is 0.216 e. The van der Waals surface area contributed by atoms with Crippen molar-refractivity contribution in [3.05, 3.63) is 7.11 Å². The second-order valence-electron chi connectivity index (χ2n) is 1.71. The molecule has 0 aliphatic carbocycles. The molecule has 0 aromatic heterocycles. The van der Waals surface area contributed by atoms with Crippen molar-refractivity contribution < 1.29 is 9.53 Å². The second kappa shape index (κ2) is 5.56. The normalized spacial score (nSPS) is 9.11. The maximum absolute atomic E-state index is 10.2. The van der Waals surface area contributed by atoms with E-state index in [9.17, 15) is 4.79 Å². The van der Waals surface area contributed by atoms with Crippen LogP contribution in [0.4, 0.5) is 0 Å². The lowest BCUT2D eigenvalue weighted by molar-refractivity contribution is -0.118. The van der Waals surface area contributed by atoms with Gasteiger partial charge in [0.1, 0.15) is 7.11 Å². The summed E-state index contributed by atoms with van der Waals surface area (Å²) in [7, 11) is 4.73. The number of hydrogen-bond acceptors (Lipinski definition) is 2. The number of amides is 1. The van der Waals surface area contributed by atoms with Gasteiger partial charge in [-0.2, -0.15) is 0 Å². The molecule has 0 saturated heterocycles. The van der Waals surface area contributed by atoms with Crippen molar-refractivity contribution in [1.82, 2.24) is 5.32 Å². The van der Waals surface area contributed by atoms with Crippen molar-refractivity contribution in [1.29, 1.82) is 0 Å². The minimum atomic E-state index is -0.0213. The third-order valence-corrected chi connectivity index (χ3v) is 0.813. The fourth-order valence-corrected chi connectivity index (χ4v) is 0.420. The van der Waals surface area contributed by atoms with E-state index in [-0.39, 0.29) is 5.91 Å². The molecule has 0 aliphatic rings. The summed E-state index contributed by atoms with van der Waals surface area (Å²) in [6.07, 6.45) is 0.760. The first-order valence-corrected chi connectivity index (χ1v) is 2.83. The van der Waals surface area contributed by atoms with E-state index in [4.69, 9.17) is 7.11 Å². The molecular weight excluding hydrogens is 118 g/mol. The highest BCUT2D eigenvalue weighted by molar-refractivity contribution is 5.72. The van der Waals surface area contributed by atoms with E-state index < -0.39 is 0 Å². The molecule has 52 valence electrons. The van der Waals surface area contributed by atoms with E-state index in [1.54, 1.807) is 0 Å². The Bertz CT molecular complexity index is 83.1. The first-order valence-electron chi connectivity index (χ1n) is 2.83. The lowest BCUT2D eigenvalue weighted by Gasteiger charge is -1.98. The van der Waals surface area contributed by atoms with Crippen LogP contribution in [0.3, 0.4) is 0 Å². The van der Waals surface area contributed by atoms with E-state index in [2.05, 4.69) is 10.1 Å². The molecule has 3 heteroatoms. The Morgan fingerprint density at radius 3 is 2.89 bits per heavy atom. The number of nitrogens with one attached hydrogen (secondary N) is 1. The van der Waals surface area contributed by atoms with E-state index in [1.807, 2.05) is 0 Å². The van der Waals surface area contributed by atoms with Crippen LogP contribution >= 0.6 is 0 Å². The third kappa shape index (κ3) is 7.43. The zero-order chi connectivity index (χ0) is 7.11. The highest BCUT2D eigenvalue weighted by atomic mass is 16.5. The summed E-state index contributed by atoms with van der Waals surface area (Å²) in [6, 6.07) is 0. The molecule has 2 radical (unpaired) electrons. The van der Waals surface area contributed by atoms with Crippen LogP contribution in [-0.2, 0) is 9.53 Å². The van der Waals surface area contributed by atoms with Crippen molar-refractivity contribution in [3.63, 3.8) is 0 Å². The topological polar surface area (TPSA) is 38.3 Å². The number of rotatable bonds is 4. The van der Waals surface area contributed by atoms with Gasteiger partial charge in [-0.1, -0.05) is 0 Å². The Labute approximate surface area is 55.4 Å². The van der Waals surface area contributed by atoms with E-state index in [0.29, 0.717) is 13.2 Å². The van der Waals surface area contributed by atoms with Crippen molar-refractivity contribution in [2.45, 2.75) is 13.3 Å². The molecule has 0 aliphatic heterocycles. The number of carbonyl (C=O) groups excluding carboxylic acids is 1. The maximum Gasteiger partial charge on any atom is 0.216 e. The molecule has 0 fully saturated rings. The molecule has 0 spiro atoms. The summed E-state index contributed by atoms with van der Waals surface area (Å²) >= 11 is 0. The first kappa shape index (κ1) is 8.43. The Balaban J connectivity index is 2.83. The molecule has 0 heterocycles. The minimum Gasteiger partial charge on any atom is -0.373 e. The maximum atomic E-state index is 10.2. The van der Waals surface area contributed by atoms with Gasteiger partial charge in [0.15, 0.2) is 0 Å². The molecule has 0 saturated carbocycles. The van der Waals surface area contributed by atoms with Gasteiger partial charge in [0.25, 0.3) is 0 Å². The minimum absolute atomic E-state index is 0.0213. The molecular formula is C6H11NO2. The summed E-state index contributed by atoms with van der Waals surface area (Å²) in [4.78, 5) is 10.2. The lowest BCUT2D eigenvalue weighted by atomic mass is 10.4. The molecule has 0 unspecified atom stereocenters. The number of ether oxygens (including phenoxy) is 1. The van der Waals surface area contributed by atoms with Crippen molar-refractivity contribution in [3.8, 4) is 0 Å². The van der Waals surface area contributed by atoms with Crippen molar-refractivity contribution in [2.75, 3.05) is 13.2 Å². The first-order chi connectivity index (χ1) is 4.27. The molecule has 0 atom stereocenters. The van der Waals surface area contributed by atoms with Crippen LogP contribution in [0.25, 0.3) is 0 Å². The van der Waals surface area contributed by atoms with E-state index in [0.717, 1.165) is 6.42 Å². The molecule has 3 nitrogen and oxygen atoms in total. The third-order valence-electron chi connectivity index (χ3n) is 0.813. The van der Waals surface area contributed by atoms with Gasteiger partial charge in [-0.05, 0) is 6.42 Å². The summed E-state index contributed by atoms with van der Waals surface area (Å²) in [6.45, 7) is 2.59. The van der Waals surface area contributed by atoms with Gasteiger partial charge in [-0.3, -0.25) is 4.79 Å². The Morgan fingerprint density at radius 2 is 2.44 bits per heavy atom. The van der Waals surface area contributed by atoms with Crippen molar-refractivity contribution in [2.24, 2.45) is 0 Å². The van der Waals surface area contributed by atoms with Gasteiger partial charge >= 0.3 is 0 Å². The van der Waals surface area contributed by atoms with Gasteiger partial charge in [0.05, 0.1) is 0 Å².